The Kier molecular flexibility index (Phi) is 8.94. The van der Waals surface area contributed by atoms with Gasteiger partial charge >= 0.3 is 5.97 Å². The molecule has 0 atom stereocenters. The highest BCUT2D eigenvalue weighted by Gasteiger charge is 2.20. The predicted molar refractivity (Wildman–Crippen MR) is 85.8 cm³/mol. The fraction of sp³-hybridized carbons (Fsp3) is 0.529. The Bertz CT molecular complexity index is 471. The molecule has 0 fully saturated rings. The first-order valence-electron chi connectivity index (χ1n) is 7.83. The molecular weight excluding hydrogens is 298 g/mol. The van der Waals surface area contributed by atoms with Crippen molar-refractivity contribution >= 4 is 11.9 Å². The number of nitrogens with zero attached hydrogens (tertiary/aromatic N) is 1. The number of carboxylic acid groups (broad SMARTS) is 1. The molecule has 0 aliphatic heterocycles. The number of carbonyl (C=O) groups excluding carboxylic acids is 1. The topological polar surface area (TPSA) is 76.1 Å². The number of carbonyl (C=O) groups is 2. The van der Waals surface area contributed by atoms with Gasteiger partial charge in [-0.05, 0) is 19.4 Å². The van der Waals surface area contributed by atoms with Crippen molar-refractivity contribution in [3.63, 3.8) is 0 Å². The lowest BCUT2D eigenvalue weighted by molar-refractivity contribution is -0.160. The van der Waals surface area contributed by atoms with Crippen LogP contribution in [0.1, 0.15) is 32.3 Å². The van der Waals surface area contributed by atoms with Gasteiger partial charge in [0.05, 0.1) is 13.0 Å². The Morgan fingerprint density at radius 2 is 1.70 bits per heavy atom. The first-order chi connectivity index (χ1) is 11.1. The number of aliphatic carboxylic acids is 1. The molecule has 0 bridgehead atoms. The monoisotopic (exact) mass is 323 g/mol. The summed E-state index contributed by atoms with van der Waals surface area (Å²) in [6.07, 6.45) is -0.729. The number of hydrogen-bond acceptors (Lipinski definition) is 4. The second-order valence-corrected chi connectivity index (χ2v) is 4.99. The minimum atomic E-state index is -0.982. The Hall–Kier alpha value is -1.92. The second-order valence-electron chi connectivity index (χ2n) is 4.99. The molecule has 1 aromatic carbocycles. The van der Waals surface area contributed by atoms with Crippen molar-refractivity contribution in [2.24, 2.45) is 0 Å². The molecule has 23 heavy (non-hydrogen) atoms. The van der Waals surface area contributed by atoms with Crippen LogP contribution in [0, 0.1) is 0 Å². The Balaban J connectivity index is 2.77. The van der Waals surface area contributed by atoms with E-state index < -0.39 is 12.3 Å². The summed E-state index contributed by atoms with van der Waals surface area (Å²) in [5, 5.41) is 8.76. The van der Waals surface area contributed by atoms with Crippen LogP contribution in [0.2, 0.25) is 0 Å². The normalized spacial score (nSPS) is 10.7. The molecular formula is C17H25NO5. The zero-order valence-corrected chi connectivity index (χ0v) is 13.7. The number of carboxylic acids is 1. The van der Waals surface area contributed by atoms with E-state index >= 15 is 0 Å². The lowest BCUT2D eigenvalue weighted by atomic mass is 10.2. The number of rotatable bonds is 11. The van der Waals surface area contributed by atoms with Crippen LogP contribution in [-0.2, 0) is 25.6 Å². The number of ether oxygens (including phenoxy) is 2. The van der Waals surface area contributed by atoms with Crippen molar-refractivity contribution in [1.29, 1.82) is 0 Å². The van der Waals surface area contributed by atoms with E-state index in [-0.39, 0.29) is 25.3 Å². The highest BCUT2D eigenvalue weighted by atomic mass is 16.7. The van der Waals surface area contributed by atoms with Crippen LogP contribution in [0.4, 0.5) is 0 Å². The van der Waals surface area contributed by atoms with E-state index in [0.717, 1.165) is 5.56 Å². The fourth-order valence-electron chi connectivity index (χ4n) is 2.14. The molecule has 0 heterocycles. The third kappa shape index (κ3) is 7.76. The highest BCUT2D eigenvalue weighted by Crippen LogP contribution is 2.10. The lowest BCUT2D eigenvalue weighted by Gasteiger charge is -2.27. The lowest BCUT2D eigenvalue weighted by Crippen LogP contribution is -2.39. The highest BCUT2D eigenvalue weighted by molar-refractivity contribution is 5.80. The summed E-state index contributed by atoms with van der Waals surface area (Å²) in [6.45, 7) is 5.35. The third-order valence-corrected chi connectivity index (χ3v) is 3.20. The average Bonchev–Trinajstić information content (AvgIpc) is 2.53. The molecule has 128 valence electrons. The van der Waals surface area contributed by atoms with Gasteiger partial charge in [0.25, 0.3) is 0 Å². The standard InChI is InChI=1S/C17H25NO5/c1-3-22-17(23-4-2)13-18(15(19)10-11-16(20)21)12-14-8-6-5-7-9-14/h5-9,17H,3-4,10-13H2,1-2H3,(H,20,21). The van der Waals surface area contributed by atoms with Crippen molar-refractivity contribution in [1.82, 2.24) is 4.90 Å². The van der Waals surface area contributed by atoms with E-state index in [4.69, 9.17) is 14.6 Å². The summed E-state index contributed by atoms with van der Waals surface area (Å²) in [7, 11) is 0. The molecule has 1 rings (SSSR count). The summed E-state index contributed by atoms with van der Waals surface area (Å²) >= 11 is 0. The van der Waals surface area contributed by atoms with E-state index in [2.05, 4.69) is 0 Å². The minimum Gasteiger partial charge on any atom is -0.481 e. The van der Waals surface area contributed by atoms with Gasteiger partial charge in [0.2, 0.25) is 5.91 Å². The van der Waals surface area contributed by atoms with Gasteiger partial charge in [-0.3, -0.25) is 9.59 Å². The minimum absolute atomic E-state index is 0.0346. The zero-order valence-electron chi connectivity index (χ0n) is 13.7. The molecule has 0 unspecified atom stereocenters. The van der Waals surface area contributed by atoms with Gasteiger partial charge in [-0.1, -0.05) is 30.3 Å². The molecule has 0 spiro atoms. The van der Waals surface area contributed by atoms with E-state index in [0.29, 0.717) is 19.8 Å². The maximum Gasteiger partial charge on any atom is 0.303 e. The summed E-state index contributed by atoms with van der Waals surface area (Å²) in [6, 6.07) is 9.56. The van der Waals surface area contributed by atoms with Gasteiger partial charge in [-0.25, -0.2) is 0 Å². The number of hydrogen-bond donors (Lipinski definition) is 1. The summed E-state index contributed by atoms with van der Waals surface area (Å²) in [5.41, 5.74) is 0.975. The summed E-state index contributed by atoms with van der Waals surface area (Å²) < 4.78 is 11.0. The number of benzene rings is 1. The van der Waals surface area contributed by atoms with Crippen molar-refractivity contribution in [3.8, 4) is 0 Å². The molecule has 0 saturated carbocycles. The summed E-state index contributed by atoms with van der Waals surface area (Å²) in [5.74, 6) is -1.20. The molecule has 6 heteroatoms. The molecule has 1 amide bonds. The molecule has 0 aromatic heterocycles. The Morgan fingerprint density at radius 3 is 2.22 bits per heavy atom. The maximum atomic E-state index is 12.3. The van der Waals surface area contributed by atoms with Crippen LogP contribution in [0.3, 0.4) is 0 Å². The van der Waals surface area contributed by atoms with Crippen LogP contribution >= 0.6 is 0 Å². The van der Waals surface area contributed by atoms with Crippen molar-refractivity contribution in [2.75, 3.05) is 19.8 Å². The molecule has 1 N–H and O–H groups in total. The first-order valence-corrected chi connectivity index (χ1v) is 7.83. The molecule has 0 radical (unpaired) electrons. The van der Waals surface area contributed by atoms with Crippen molar-refractivity contribution in [3.05, 3.63) is 35.9 Å². The fourth-order valence-corrected chi connectivity index (χ4v) is 2.14. The molecule has 0 aliphatic carbocycles. The van der Waals surface area contributed by atoms with Crippen LogP contribution in [0.25, 0.3) is 0 Å². The average molecular weight is 323 g/mol. The smallest absolute Gasteiger partial charge is 0.303 e. The Morgan fingerprint density at radius 1 is 1.09 bits per heavy atom. The first kappa shape index (κ1) is 19.1. The van der Waals surface area contributed by atoms with Crippen molar-refractivity contribution < 1.29 is 24.2 Å². The van der Waals surface area contributed by atoms with Gasteiger partial charge in [0.15, 0.2) is 6.29 Å². The Labute approximate surface area is 137 Å². The number of amides is 1. The van der Waals surface area contributed by atoms with Gasteiger partial charge in [-0.15, -0.1) is 0 Å². The molecule has 0 aliphatic rings. The molecule has 6 nitrogen and oxygen atoms in total. The van der Waals surface area contributed by atoms with E-state index in [1.807, 2.05) is 44.2 Å². The predicted octanol–water partition coefficient (Wildman–Crippen LogP) is 2.28. The van der Waals surface area contributed by atoms with E-state index in [9.17, 15) is 9.59 Å². The zero-order chi connectivity index (χ0) is 17.1. The third-order valence-electron chi connectivity index (χ3n) is 3.20. The van der Waals surface area contributed by atoms with E-state index in [1.54, 1.807) is 4.90 Å². The van der Waals surface area contributed by atoms with Crippen molar-refractivity contribution in [2.45, 2.75) is 39.5 Å². The quantitative estimate of drug-likeness (QED) is 0.632. The van der Waals surface area contributed by atoms with Gasteiger partial charge in [-0.2, -0.15) is 0 Å². The molecule has 1 aromatic rings. The SMILES string of the molecule is CCOC(CN(Cc1ccccc1)C(=O)CCC(=O)O)OCC. The van der Waals surface area contributed by atoms with Gasteiger partial charge in [0.1, 0.15) is 0 Å². The summed E-state index contributed by atoms with van der Waals surface area (Å²) in [4.78, 5) is 24.6. The molecule has 0 saturated heterocycles. The van der Waals surface area contributed by atoms with Gasteiger partial charge < -0.3 is 19.5 Å². The maximum absolute atomic E-state index is 12.3. The van der Waals surface area contributed by atoms with Gasteiger partial charge in [0, 0.05) is 26.2 Å². The second kappa shape index (κ2) is 10.7. The largest absolute Gasteiger partial charge is 0.481 e. The van der Waals surface area contributed by atoms with Crippen LogP contribution in [-0.4, -0.2) is 47.9 Å². The van der Waals surface area contributed by atoms with Crippen LogP contribution < -0.4 is 0 Å². The van der Waals surface area contributed by atoms with Crippen LogP contribution in [0.15, 0.2) is 30.3 Å². The van der Waals surface area contributed by atoms with E-state index in [1.165, 1.54) is 0 Å². The van der Waals surface area contributed by atoms with Crippen LogP contribution in [0.5, 0.6) is 0 Å².